The molecule has 2 N–H and O–H groups in total. The van der Waals surface area contributed by atoms with Crippen LogP contribution in [0.2, 0.25) is 5.02 Å². The van der Waals surface area contributed by atoms with Crippen LogP contribution in [0, 0.1) is 18.8 Å². The topological polar surface area (TPSA) is 122 Å². The van der Waals surface area contributed by atoms with Gasteiger partial charge in [-0.15, -0.1) is 0 Å². The van der Waals surface area contributed by atoms with Crippen LogP contribution in [0.4, 0.5) is 5.69 Å². The molecule has 2 aromatic carbocycles. The zero-order valence-electron chi connectivity index (χ0n) is 22.5. The quantitative estimate of drug-likeness (QED) is 0.280. The van der Waals surface area contributed by atoms with E-state index in [4.69, 9.17) is 20.8 Å². The molecule has 0 bridgehead atoms. The van der Waals surface area contributed by atoms with E-state index in [1.807, 2.05) is 30.0 Å². The minimum atomic E-state index is -0.551. The number of oxazole rings is 1. The molecule has 3 unspecified atom stereocenters. The molecular formula is C30H34ClN3O6. The molecule has 1 aromatic heterocycles. The van der Waals surface area contributed by atoms with Gasteiger partial charge in [0.05, 0.1) is 11.4 Å². The summed E-state index contributed by atoms with van der Waals surface area (Å²) in [6, 6.07) is 10.7. The van der Waals surface area contributed by atoms with Gasteiger partial charge in [0.15, 0.2) is 5.58 Å². The zero-order valence-corrected chi connectivity index (χ0v) is 23.3. The first-order chi connectivity index (χ1) is 19.2. The average Bonchev–Trinajstić information content (AvgIpc) is 3.38. The Kier molecular flexibility index (Phi) is 8.59. The highest BCUT2D eigenvalue weighted by Gasteiger charge is 2.38. The number of esters is 1. The Bertz CT molecular complexity index is 1440. The maximum Gasteiger partial charge on any atom is 0.417 e. The Morgan fingerprint density at radius 3 is 2.80 bits per heavy atom. The summed E-state index contributed by atoms with van der Waals surface area (Å²) in [6.45, 7) is 2.57. The second kappa shape index (κ2) is 12.3. The molecule has 212 valence electrons. The first kappa shape index (κ1) is 28.0. The normalized spacial score (nSPS) is 21.4. The predicted octanol–water partition coefficient (Wildman–Crippen LogP) is 5.34. The van der Waals surface area contributed by atoms with Crippen molar-refractivity contribution in [3.05, 3.63) is 63.1 Å². The molecule has 40 heavy (non-hydrogen) atoms. The molecule has 2 aliphatic rings. The molecule has 1 aliphatic heterocycles. The molecular weight excluding hydrogens is 534 g/mol. The molecule has 9 nitrogen and oxygen atoms in total. The molecule has 2 heterocycles. The Hall–Kier alpha value is -3.59. The number of H-pyrrole nitrogens is 1. The number of carbonyl (C=O) groups is 3. The summed E-state index contributed by atoms with van der Waals surface area (Å²) in [5.74, 6) is -0.990. The third-order valence-corrected chi connectivity index (χ3v) is 8.19. The van der Waals surface area contributed by atoms with E-state index in [1.165, 1.54) is 0 Å². The van der Waals surface area contributed by atoms with Crippen LogP contribution in [0.1, 0.15) is 62.5 Å². The number of ether oxygens (including phenoxy) is 1. The van der Waals surface area contributed by atoms with Crippen LogP contribution in [0.5, 0.6) is 0 Å². The van der Waals surface area contributed by atoms with Gasteiger partial charge in [-0.05, 0) is 73.9 Å². The zero-order chi connectivity index (χ0) is 28.2. The molecule has 1 saturated heterocycles. The van der Waals surface area contributed by atoms with Gasteiger partial charge in [0.25, 0.3) is 0 Å². The molecule has 0 spiro atoms. The summed E-state index contributed by atoms with van der Waals surface area (Å²) >= 11 is 6.09. The van der Waals surface area contributed by atoms with Crippen LogP contribution in [-0.2, 0) is 25.7 Å². The maximum absolute atomic E-state index is 12.9. The minimum absolute atomic E-state index is 0.00973. The van der Waals surface area contributed by atoms with E-state index in [0.717, 1.165) is 49.7 Å². The van der Waals surface area contributed by atoms with Gasteiger partial charge in [-0.1, -0.05) is 30.5 Å². The number of halogens is 1. The molecule has 3 aromatic rings. The van der Waals surface area contributed by atoms with Crippen molar-refractivity contribution in [1.82, 2.24) is 9.88 Å². The van der Waals surface area contributed by atoms with Gasteiger partial charge in [-0.25, -0.2) is 4.79 Å². The summed E-state index contributed by atoms with van der Waals surface area (Å²) in [4.78, 5) is 54.0. The first-order valence-electron chi connectivity index (χ1n) is 13.9. The van der Waals surface area contributed by atoms with E-state index in [0.29, 0.717) is 40.7 Å². The molecule has 3 atom stereocenters. The monoisotopic (exact) mass is 567 g/mol. The number of amides is 2. The van der Waals surface area contributed by atoms with Gasteiger partial charge in [0, 0.05) is 42.2 Å². The molecule has 1 aliphatic carbocycles. The van der Waals surface area contributed by atoms with E-state index in [9.17, 15) is 19.2 Å². The van der Waals surface area contributed by atoms with Crippen LogP contribution in [0.3, 0.4) is 0 Å². The number of nitrogens with one attached hydrogen (secondary N) is 2. The summed E-state index contributed by atoms with van der Waals surface area (Å²) < 4.78 is 10.5. The number of aromatic amines is 1. The summed E-state index contributed by atoms with van der Waals surface area (Å²) in [6.07, 6.45) is 6.03. The lowest BCUT2D eigenvalue weighted by atomic mass is 9.95. The predicted molar refractivity (Wildman–Crippen MR) is 151 cm³/mol. The van der Waals surface area contributed by atoms with Crippen molar-refractivity contribution in [2.75, 3.05) is 11.9 Å². The fourth-order valence-electron chi connectivity index (χ4n) is 5.94. The summed E-state index contributed by atoms with van der Waals surface area (Å²) in [5.41, 5.74) is 3.35. The number of rotatable bonds is 8. The lowest BCUT2D eigenvalue weighted by Crippen LogP contribution is -2.37. The number of aryl methyl sites for hydroxylation is 1. The van der Waals surface area contributed by atoms with Gasteiger partial charge < -0.3 is 19.4 Å². The lowest BCUT2D eigenvalue weighted by molar-refractivity contribution is -0.145. The minimum Gasteiger partial charge on any atom is -0.461 e. The molecule has 10 heteroatoms. The van der Waals surface area contributed by atoms with Crippen molar-refractivity contribution >= 4 is 46.2 Å². The molecule has 5 rings (SSSR count). The Morgan fingerprint density at radius 1 is 1.12 bits per heavy atom. The fraction of sp³-hybridized carbons (Fsp3) is 0.467. The van der Waals surface area contributed by atoms with Gasteiger partial charge in [-0.2, -0.15) is 0 Å². The van der Waals surface area contributed by atoms with Crippen LogP contribution >= 0.6 is 11.6 Å². The Labute approximate surface area is 237 Å². The first-order valence-corrected chi connectivity index (χ1v) is 14.3. The highest BCUT2D eigenvalue weighted by atomic mass is 35.5. The van der Waals surface area contributed by atoms with Crippen molar-refractivity contribution < 1.29 is 23.5 Å². The van der Waals surface area contributed by atoms with Gasteiger partial charge in [0.1, 0.15) is 6.61 Å². The number of aromatic nitrogens is 1. The van der Waals surface area contributed by atoms with Gasteiger partial charge in [0.2, 0.25) is 11.8 Å². The standard InChI is InChI=1S/C30H34ClN3O6/c1-18-11-20(13-22(31)12-18)17-39-28(36)10-6-19-3-2-4-24(8-5-19)34-16-21(14-27(34)35)29(37)32-23-7-9-25-26(15-23)40-30(38)33-25/h7,9,11-13,15,19,21,24H,2-6,8,10,14,16-17H2,1H3,(H,32,37)(H,33,38). The molecule has 2 fully saturated rings. The van der Waals surface area contributed by atoms with Crippen LogP contribution in [-0.4, -0.2) is 40.3 Å². The summed E-state index contributed by atoms with van der Waals surface area (Å²) in [5, 5.41) is 3.49. The van der Waals surface area contributed by atoms with E-state index in [1.54, 1.807) is 18.2 Å². The molecule has 1 saturated carbocycles. The van der Waals surface area contributed by atoms with E-state index >= 15 is 0 Å². The van der Waals surface area contributed by atoms with Gasteiger partial charge >= 0.3 is 11.7 Å². The number of anilines is 1. The van der Waals surface area contributed by atoms with Gasteiger partial charge in [-0.3, -0.25) is 19.4 Å². The lowest BCUT2D eigenvalue weighted by Gasteiger charge is -2.27. The maximum atomic E-state index is 12.9. The van der Waals surface area contributed by atoms with E-state index in [-0.39, 0.29) is 36.9 Å². The van der Waals surface area contributed by atoms with Crippen molar-refractivity contribution in [2.24, 2.45) is 11.8 Å². The molecule has 2 amide bonds. The summed E-state index contributed by atoms with van der Waals surface area (Å²) in [7, 11) is 0. The van der Waals surface area contributed by atoms with Crippen LogP contribution in [0.25, 0.3) is 11.1 Å². The van der Waals surface area contributed by atoms with Crippen molar-refractivity contribution in [2.45, 2.75) is 70.9 Å². The second-order valence-electron chi connectivity index (χ2n) is 11.0. The number of fused-ring (bicyclic) bond motifs is 1. The average molecular weight is 568 g/mol. The van der Waals surface area contributed by atoms with E-state index in [2.05, 4.69) is 10.3 Å². The smallest absolute Gasteiger partial charge is 0.417 e. The Balaban J connectivity index is 1.07. The van der Waals surface area contributed by atoms with Crippen LogP contribution in [0.15, 0.2) is 45.6 Å². The number of benzene rings is 2. The fourth-order valence-corrected chi connectivity index (χ4v) is 6.25. The highest BCUT2D eigenvalue weighted by molar-refractivity contribution is 6.30. The van der Waals surface area contributed by atoms with Crippen molar-refractivity contribution in [3.8, 4) is 0 Å². The third kappa shape index (κ3) is 6.94. The number of nitrogens with zero attached hydrogens (tertiary/aromatic N) is 1. The number of hydrogen-bond acceptors (Lipinski definition) is 6. The molecule has 0 radical (unpaired) electrons. The van der Waals surface area contributed by atoms with Crippen molar-refractivity contribution in [3.63, 3.8) is 0 Å². The number of likely N-dealkylation sites (tertiary alicyclic amines) is 1. The number of carbonyl (C=O) groups excluding carboxylic acids is 3. The van der Waals surface area contributed by atoms with Crippen LogP contribution < -0.4 is 11.1 Å². The SMILES string of the molecule is Cc1cc(Cl)cc(COC(=O)CCC2CCCC(N3CC(C(=O)Nc4ccc5[nH]c(=O)oc5c4)CC3=O)CC2)c1. The van der Waals surface area contributed by atoms with E-state index < -0.39 is 11.7 Å². The third-order valence-electron chi connectivity index (χ3n) is 7.97. The number of hydrogen-bond donors (Lipinski definition) is 2. The van der Waals surface area contributed by atoms with Crippen molar-refractivity contribution in [1.29, 1.82) is 0 Å². The second-order valence-corrected chi connectivity index (χ2v) is 11.5. The largest absolute Gasteiger partial charge is 0.461 e. The Morgan fingerprint density at radius 2 is 1.98 bits per heavy atom. The highest BCUT2D eigenvalue weighted by Crippen LogP contribution is 2.33.